The standard InChI is InChI=1S/C21H27N3O/c1-21(2,19-9-5-7-16-6-3-4-8-18(16)19)22-20(25)24-15-14-23-12-10-17(24)11-13-23/h3-9,17H,10-15H2,1-2H3,(H,22,25). The van der Waals surface area contributed by atoms with Crippen LogP contribution in [0.4, 0.5) is 4.79 Å². The molecule has 4 heteroatoms. The van der Waals surface area contributed by atoms with Gasteiger partial charge in [-0.05, 0) is 43.0 Å². The Morgan fingerprint density at radius 1 is 1.00 bits per heavy atom. The number of nitrogens with one attached hydrogen (secondary N) is 1. The minimum atomic E-state index is -0.414. The van der Waals surface area contributed by atoms with E-state index >= 15 is 0 Å². The zero-order valence-corrected chi connectivity index (χ0v) is 15.2. The molecular weight excluding hydrogens is 310 g/mol. The van der Waals surface area contributed by atoms with E-state index in [9.17, 15) is 4.79 Å². The number of rotatable bonds is 2. The van der Waals surface area contributed by atoms with Crippen LogP contribution in [0, 0.1) is 0 Å². The maximum atomic E-state index is 13.1. The number of benzene rings is 2. The van der Waals surface area contributed by atoms with E-state index in [1.165, 1.54) is 16.3 Å². The number of urea groups is 1. The van der Waals surface area contributed by atoms with Gasteiger partial charge in [-0.3, -0.25) is 0 Å². The number of nitrogens with zero attached hydrogens (tertiary/aromatic N) is 2. The highest BCUT2D eigenvalue weighted by Crippen LogP contribution is 2.29. The van der Waals surface area contributed by atoms with E-state index in [4.69, 9.17) is 0 Å². The smallest absolute Gasteiger partial charge is 0.318 e. The SMILES string of the molecule is CC(C)(NC(=O)N1CCN2CCC1CC2)c1cccc2ccccc12. The Kier molecular flexibility index (Phi) is 4.16. The molecule has 0 spiro atoms. The third-order valence-electron chi connectivity index (χ3n) is 5.80. The van der Waals surface area contributed by atoms with E-state index < -0.39 is 5.54 Å². The average Bonchev–Trinajstić information content (AvgIpc) is 2.95. The van der Waals surface area contributed by atoms with Gasteiger partial charge in [0, 0.05) is 32.2 Å². The van der Waals surface area contributed by atoms with Crippen molar-refractivity contribution in [3.05, 3.63) is 48.0 Å². The molecule has 3 saturated heterocycles. The minimum absolute atomic E-state index is 0.0756. The van der Waals surface area contributed by atoms with Crippen LogP contribution in [0.5, 0.6) is 0 Å². The first-order valence-electron chi connectivity index (χ1n) is 9.34. The summed E-state index contributed by atoms with van der Waals surface area (Å²) >= 11 is 0. The quantitative estimate of drug-likeness (QED) is 0.909. The molecule has 0 aromatic heterocycles. The number of fused-ring (bicyclic) bond motifs is 5. The molecule has 0 unspecified atom stereocenters. The third kappa shape index (κ3) is 3.11. The number of carbonyl (C=O) groups is 1. The summed E-state index contributed by atoms with van der Waals surface area (Å²) in [6, 6.07) is 15.2. The van der Waals surface area contributed by atoms with E-state index in [-0.39, 0.29) is 6.03 Å². The van der Waals surface area contributed by atoms with E-state index in [2.05, 4.69) is 71.4 Å². The van der Waals surface area contributed by atoms with Crippen LogP contribution in [0.1, 0.15) is 32.3 Å². The Balaban J connectivity index is 1.59. The van der Waals surface area contributed by atoms with Crippen LogP contribution in [0.3, 0.4) is 0 Å². The lowest BCUT2D eigenvalue weighted by Crippen LogP contribution is -2.52. The van der Waals surface area contributed by atoms with Crippen molar-refractivity contribution in [3.8, 4) is 0 Å². The van der Waals surface area contributed by atoms with Crippen LogP contribution in [-0.4, -0.2) is 48.1 Å². The van der Waals surface area contributed by atoms with Crippen LogP contribution in [-0.2, 0) is 5.54 Å². The van der Waals surface area contributed by atoms with Crippen molar-refractivity contribution in [2.24, 2.45) is 0 Å². The molecule has 1 N–H and O–H groups in total. The van der Waals surface area contributed by atoms with E-state index in [0.717, 1.165) is 39.0 Å². The van der Waals surface area contributed by atoms with Crippen molar-refractivity contribution in [3.63, 3.8) is 0 Å². The normalized spacial score (nSPS) is 23.5. The predicted octanol–water partition coefficient (Wildman–Crippen LogP) is 3.56. The van der Waals surface area contributed by atoms with Crippen molar-refractivity contribution in [2.75, 3.05) is 26.2 Å². The highest BCUT2D eigenvalue weighted by molar-refractivity contribution is 5.87. The van der Waals surface area contributed by atoms with Gasteiger partial charge in [-0.1, -0.05) is 42.5 Å². The van der Waals surface area contributed by atoms with Crippen LogP contribution in [0.2, 0.25) is 0 Å². The Bertz CT molecular complexity index is 772. The van der Waals surface area contributed by atoms with Crippen LogP contribution >= 0.6 is 0 Å². The third-order valence-corrected chi connectivity index (χ3v) is 5.80. The summed E-state index contributed by atoms with van der Waals surface area (Å²) in [6.07, 6.45) is 2.20. The summed E-state index contributed by atoms with van der Waals surface area (Å²) in [7, 11) is 0. The topological polar surface area (TPSA) is 35.6 Å². The molecule has 2 bridgehead atoms. The number of hydrogen-bond acceptors (Lipinski definition) is 2. The molecule has 132 valence electrons. The number of carbonyl (C=O) groups excluding carboxylic acids is 1. The first-order chi connectivity index (χ1) is 12.0. The molecule has 3 fully saturated rings. The van der Waals surface area contributed by atoms with Crippen LogP contribution in [0.15, 0.2) is 42.5 Å². The summed E-state index contributed by atoms with van der Waals surface area (Å²) in [6.45, 7) is 8.29. The molecule has 2 amide bonds. The van der Waals surface area contributed by atoms with E-state index in [1.54, 1.807) is 0 Å². The Morgan fingerprint density at radius 2 is 1.72 bits per heavy atom. The van der Waals surface area contributed by atoms with Gasteiger partial charge in [0.05, 0.1) is 5.54 Å². The fraction of sp³-hybridized carbons (Fsp3) is 0.476. The monoisotopic (exact) mass is 337 g/mol. The average molecular weight is 337 g/mol. The second kappa shape index (κ2) is 6.34. The molecular formula is C21H27N3O. The van der Waals surface area contributed by atoms with Gasteiger partial charge >= 0.3 is 6.03 Å². The predicted molar refractivity (Wildman–Crippen MR) is 102 cm³/mol. The lowest BCUT2D eigenvalue weighted by molar-refractivity contribution is 0.162. The maximum absolute atomic E-state index is 13.1. The molecule has 2 aromatic carbocycles. The number of hydrogen-bond donors (Lipinski definition) is 1. The van der Waals surface area contributed by atoms with Gasteiger partial charge < -0.3 is 15.1 Å². The van der Waals surface area contributed by atoms with Gasteiger partial charge in [-0.25, -0.2) is 4.79 Å². The van der Waals surface area contributed by atoms with Crippen molar-refractivity contribution in [2.45, 2.75) is 38.3 Å². The fourth-order valence-electron chi connectivity index (χ4n) is 4.33. The van der Waals surface area contributed by atoms with Gasteiger partial charge in [0.25, 0.3) is 0 Å². The van der Waals surface area contributed by atoms with Crippen LogP contribution in [0.25, 0.3) is 10.8 Å². The van der Waals surface area contributed by atoms with Crippen LogP contribution < -0.4 is 5.32 Å². The summed E-state index contributed by atoms with van der Waals surface area (Å²) in [5, 5.41) is 5.73. The highest BCUT2D eigenvalue weighted by Gasteiger charge is 2.34. The molecule has 5 rings (SSSR count). The Morgan fingerprint density at radius 3 is 2.52 bits per heavy atom. The summed E-state index contributed by atoms with van der Waals surface area (Å²) in [5.41, 5.74) is 0.754. The molecule has 3 aliphatic heterocycles. The Labute approximate surface area is 149 Å². The minimum Gasteiger partial charge on any atom is -0.329 e. The lowest BCUT2D eigenvalue weighted by Gasteiger charge is -2.35. The second-order valence-electron chi connectivity index (χ2n) is 7.85. The van der Waals surface area contributed by atoms with Crippen molar-refractivity contribution in [1.82, 2.24) is 15.1 Å². The molecule has 2 aromatic rings. The van der Waals surface area contributed by atoms with Gasteiger partial charge in [0.2, 0.25) is 0 Å². The molecule has 0 atom stereocenters. The molecule has 3 heterocycles. The first-order valence-corrected chi connectivity index (χ1v) is 9.34. The maximum Gasteiger partial charge on any atom is 0.318 e. The summed E-state index contributed by atoms with van der Waals surface area (Å²) < 4.78 is 0. The van der Waals surface area contributed by atoms with E-state index in [0.29, 0.717) is 6.04 Å². The van der Waals surface area contributed by atoms with Gasteiger partial charge in [0.15, 0.2) is 0 Å². The molecule has 0 saturated carbocycles. The summed E-state index contributed by atoms with van der Waals surface area (Å²) in [5.74, 6) is 0. The van der Waals surface area contributed by atoms with Gasteiger partial charge in [0.1, 0.15) is 0 Å². The highest BCUT2D eigenvalue weighted by atomic mass is 16.2. The zero-order chi connectivity index (χ0) is 17.4. The first kappa shape index (κ1) is 16.4. The molecule has 25 heavy (non-hydrogen) atoms. The lowest BCUT2D eigenvalue weighted by atomic mass is 9.89. The van der Waals surface area contributed by atoms with Gasteiger partial charge in [-0.15, -0.1) is 0 Å². The fourth-order valence-corrected chi connectivity index (χ4v) is 4.33. The van der Waals surface area contributed by atoms with Crippen molar-refractivity contribution in [1.29, 1.82) is 0 Å². The van der Waals surface area contributed by atoms with Crippen molar-refractivity contribution >= 4 is 16.8 Å². The Hall–Kier alpha value is -2.07. The number of piperidine rings is 1. The molecule has 3 aliphatic rings. The molecule has 0 radical (unpaired) electrons. The van der Waals surface area contributed by atoms with Crippen molar-refractivity contribution < 1.29 is 4.79 Å². The van der Waals surface area contributed by atoms with Gasteiger partial charge in [-0.2, -0.15) is 0 Å². The summed E-state index contributed by atoms with van der Waals surface area (Å²) in [4.78, 5) is 17.6. The van der Waals surface area contributed by atoms with E-state index in [1.807, 2.05) is 0 Å². The number of amides is 2. The second-order valence-corrected chi connectivity index (χ2v) is 7.85. The molecule has 4 nitrogen and oxygen atoms in total. The molecule has 0 aliphatic carbocycles. The largest absolute Gasteiger partial charge is 0.329 e. The zero-order valence-electron chi connectivity index (χ0n) is 15.2.